The number of methoxy groups -OCH3 is 1. The van der Waals surface area contributed by atoms with Crippen molar-refractivity contribution < 1.29 is 4.74 Å². The molecular weight excluding hydrogens is 192 g/mol. The quantitative estimate of drug-likeness (QED) is 0.685. The molecule has 1 aromatic rings. The molecule has 0 bridgehead atoms. The maximum atomic E-state index is 5.72. The van der Waals surface area contributed by atoms with E-state index in [9.17, 15) is 0 Å². The number of anilines is 2. The topological polar surface area (TPSA) is 50.3 Å². The van der Waals surface area contributed by atoms with Crippen LogP contribution < -0.4 is 15.0 Å². The van der Waals surface area contributed by atoms with Gasteiger partial charge in [-0.1, -0.05) is 0 Å². The number of halogens is 1. The summed E-state index contributed by atoms with van der Waals surface area (Å²) < 4.78 is 5.06. The zero-order valence-electron chi connectivity index (χ0n) is 7.33. The standard InChI is InChI=1S/C7H9ClN4O/c1-12-3-9-4-5(12)10-7(8)11-6(4)13-2/h9H,3H2,1-2H3. The Bertz CT molecular complexity index is 344. The van der Waals surface area contributed by atoms with Crippen LogP contribution in [0.15, 0.2) is 0 Å². The third-order valence-electron chi connectivity index (χ3n) is 1.88. The highest BCUT2D eigenvalue weighted by Crippen LogP contribution is 2.35. The zero-order chi connectivity index (χ0) is 9.42. The van der Waals surface area contributed by atoms with Gasteiger partial charge in [-0.25, -0.2) is 0 Å². The van der Waals surface area contributed by atoms with E-state index in [2.05, 4.69) is 15.3 Å². The van der Waals surface area contributed by atoms with Crippen LogP contribution >= 0.6 is 11.6 Å². The van der Waals surface area contributed by atoms with Crippen LogP contribution in [0.5, 0.6) is 5.88 Å². The van der Waals surface area contributed by atoms with E-state index in [1.165, 1.54) is 0 Å². The van der Waals surface area contributed by atoms with Crippen molar-refractivity contribution in [2.45, 2.75) is 0 Å². The molecule has 0 atom stereocenters. The summed E-state index contributed by atoms with van der Waals surface area (Å²) in [4.78, 5) is 9.96. The lowest BCUT2D eigenvalue weighted by Crippen LogP contribution is -2.16. The lowest BCUT2D eigenvalue weighted by molar-refractivity contribution is 0.399. The van der Waals surface area contributed by atoms with Gasteiger partial charge in [0.2, 0.25) is 11.2 Å². The monoisotopic (exact) mass is 200 g/mol. The maximum absolute atomic E-state index is 5.72. The molecule has 0 radical (unpaired) electrons. The smallest absolute Gasteiger partial charge is 0.243 e. The summed E-state index contributed by atoms with van der Waals surface area (Å²) in [5.41, 5.74) is 0.800. The summed E-state index contributed by atoms with van der Waals surface area (Å²) in [7, 11) is 3.47. The van der Waals surface area contributed by atoms with Gasteiger partial charge in [0.1, 0.15) is 5.69 Å². The third-order valence-corrected chi connectivity index (χ3v) is 2.05. The largest absolute Gasteiger partial charge is 0.479 e. The molecule has 2 heterocycles. The zero-order valence-corrected chi connectivity index (χ0v) is 8.09. The van der Waals surface area contributed by atoms with E-state index in [-0.39, 0.29) is 5.28 Å². The number of nitrogens with zero attached hydrogens (tertiary/aromatic N) is 3. The fraction of sp³-hybridized carbons (Fsp3) is 0.429. The molecule has 0 fully saturated rings. The second-order valence-electron chi connectivity index (χ2n) is 2.73. The molecule has 0 saturated carbocycles. The normalized spacial score (nSPS) is 13.9. The summed E-state index contributed by atoms with van der Waals surface area (Å²) in [6.45, 7) is 0.695. The third kappa shape index (κ3) is 1.25. The number of nitrogens with one attached hydrogen (secondary N) is 1. The fourth-order valence-electron chi connectivity index (χ4n) is 1.25. The maximum Gasteiger partial charge on any atom is 0.243 e. The molecule has 1 aromatic heterocycles. The van der Waals surface area contributed by atoms with Crippen LogP contribution in [0.25, 0.3) is 0 Å². The Labute approximate surface area is 80.7 Å². The Morgan fingerprint density at radius 3 is 3.00 bits per heavy atom. The van der Waals surface area contributed by atoms with E-state index in [1.54, 1.807) is 7.11 Å². The summed E-state index contributed by atoms with van der Waals surface area (Å²) in [6.07, 6.45) is 0. The average molecular weight is 201 g/mol. The van der Waals surface area contributed by atoms with Crippen molar-refractivity contribution in [3.8, 4) is 5.88 Å². The number of rotatable bonds is 1. The Morgan fingerprint density at radius 1 is 1.54 bits per heavy atom. The Morgan fingerprint density at radius 2 is 2.31 bits per heavy atom. The van der Waals surface area contributed by atoms with E-state index in [4.69, 9.17) is 16.3 Å². The predicted molar refractivity (Wildman–Crippen MR) is 50.5 cm³/mol. The van der Waals surface area contributed by atoms with Crippen LogP contribution in [0.1, 0.15) is 0 Å². The molecule has 1 N–H and O–H groups in total. The van der Waals surface area contributed by atoms with Gasteiger partial charge in [0.05, 0.1) is 13.8 Å². The van der Waals surface area contributed by atoms with E-state index < -0.39 is 0 Å². The van der Waals surface area contributed by atoms with Gasteiger partial charge in [-0.2, -0.15) is 9.97 Å². The summed E-state index contributed by atoms with van der Waals surface area (Å²) in [5, 5.41) is 3.31. The Balaban J connectivity index is 2.56. The number of hydrogen-bond acceptors (Lipinski definition) is 5. The lowest BCUT2D eigenvalue weighted by Gasteiger charge is -2.08. The number of hydrogen-bond donors (Lipinski definition) is 1. The van der Waals surface area contributed by atoms with Crippen molar-refractivity contribution >= 4 is 23.1 Å². The van der Waals surface area contributed by atoms with Crippen molar-refractivity contribution in [2.75, 3.05) is 31.0 Å². The highest BCUT2D eigenvalue weighted by atomic mass is 35.5. The predicted octanol–water partition coefficient (Wildman–Crippen LogP) is 0.958. The Kier molecular flexibility index (Phi) is 1.88. The van der Waals surface area contributed by atoms with Gasteiger partial charge in [0.25, 0.3) is 0 Å². The number of aromatic nitrogens is 2. The molecule has 0 saturated heterocycles. The molecule has 0 spiro atoms. The summed E-state index contributed by atoms with van der Waals surface area (Å²) in [5.74, 6) is 1.26. The minimum absolute atomic E-state index is 0.200. The van der Waals surface area contributed by atoms with Crippen LogP contribution in [0.2, 0.25) is 5.28 Å². The van der Waals surface area contributed by atoms with Crippen molar-refractivity contribution in [3.05, 3.63) is 5.28 Å². The van der Waals surface area contributed by atoms with Crippen LogP contribution in [-0.4, -0.2) is 30.8 Å². The fourth-order valence-corrected chi connectivity index (χ4v) is 1.41. The lowest BCUT2D eigenvalue weighted by atomic mass is 10.4. The Hall–Kier alpha value is -1.23. The van der Waals surface area contributed by atoms with Crippen molar-refractivity contribution in [3.63, 3.8) is 0 Å². The first-order chi connectivity index (χ1) is 6.22. The molecule has 1 aliphatic rings. The molecule has 0 aromatic carbocycles. The molecule has 13 heavy (non-hydrogen) atoms. The molecule has 0 amide bonds. The van der Waals surface area contributed by atoms with E-state index in [1.807, 2.05) is 11.9 Å². The van der Waals surface area contributed by atoms with Gasteiger partial charge in [-0.05, 0) is 11.6 Å². The van der Waals surface area contributed by atoms with E-state index >= 15 is 0 Å². The van der Waals surface area contributed by atoms with Gasteiger partial charge in [-0.15, -0.1) is 0 Å². The van der Waals surface area contributed by atoms with Gasteiger partial charge in [0, 0.05) is 7.05 Å². The van der Waals surface area contributed by atoms with E-state index in [0.29, 0.717) is 12.5 Å². The average Bonchev–Trinajstić information content (AvgIpc) is 2.47. The highest BCUT2D eigenvalue weighted by molar-refractivity contribution is 6.28. The SMILES string of the molecule is COc1nc(Cl)nc2c1NCN2C. The van der Waals surface area contributed by atoms with Crippen LogP contribution in [-0.2, 0) is 0 Å². The first-order valence-electron chi connectivity index (χ1n) is 3.79. The van der Waals surface area contributed by atoms with Crippen LogP contribution in [0.4, 0.5) is 11.5 Å². The first-order valence-corrected chi connectivity index (χ1v) is 4.16. The van der Waals surface area contributed by atoms with Crippen LogP contribution in [0.3, 0.4) is 0 Å². The molecule has 5 nitrogen and oxygen atoms in total. The second kappa shape index (κ2) is 2.92. The second-order valence-corrected chi connectivity index (χ2v) is 3.07. The first kappa shape index (κ1) is 8.37. The van der Waals surface area contributed by atoms with Crippen molar-refractivity contribution in [1.29, 1.82) is 0 Å². The van der Waals surface area contributed by atoms with Crippen LogP contribution in [0, 0.1) is 0 Å². The number of ether oxygens (including phenoxy) is 1. The minimum atomic E-state index is 0.200. The molecule has 0 aliphatic carbocycles. The minimum Gasteiger partial charge on any atom is -0.479 e. The van der Waals surface area contributed by atoms with Gasteiger partial charge >= 0.3 is 0 Å². The van der Waals surface area contributed by atoms with E-state index in [0.717, 1.165) is 11.5 Å². The van der Waals surface area contributed by atoms with Gasteiger partial charge in [-0.3, -0.25) is 0 Å². The summed E-state index contributed by atoms with van der Waals surface area (Å²) >= 11 is 5.72. The molecule has 6 heteroatoms. The van der Waals surface area contributed by atoms with Gasteiger partial charge < -0.3 is 15.0 Å². The highest BCUT2D eigenvalue weighted by Gasteiger charge is 2.22. The molecule has 1 aliphatic heterocycles. The molecular formula is C7H9ClN4O. The van der Waals surface area contributed by atoms with Crippen molar-refractivity contribution in [1.82, 2.24) is 9.97 Å². The summed E-state index contributed by atoms with van der Waals surface area (Å²) in [6, 6.07) is 0. The molecule has 2 rings (SSSR count). The molecule has 0 unspecified atom stereocenters. The van der Waals surface area contributed by atoms with Crippen molar-refractivity contribution in [2.24, 2.45) is 0 Å². The molecule has 70 valence electrons. The number of fused-ring (bicyclic) bond motifs is 1. The van der Waals surface area contributed by atoms with Gasteiger partial charge in [0.15, 0.2) is 5.82 Å².